The minimum absolute atomic E-state index is 0.0943. The van der Waals surface area contributed by atoms with Crippen molar-refractivity contribution >= 4 is 21.5 Å². The maximum absolute atomic E-state index is 13.7. The van der Waals surface area contributed by atoms with Gasteiger partial charge in [0.2, 0.25) is 0 Å². The van der Waals surface area contributed by atoms with Crippen molar-refractivity contribution in [2.24, 2.45) is 0 Å². The van der Waals surface area contributed by atoms with E-state index in [2.05, 4.69) is 10.3 Å². The van der Waals surface area contributed by atoms with Crippen molar-refractivity contribution < 1.29 is 17.2 Å². The molecule has 0 aliphatic carbocycles. The lowest BCUT2D eigenvalue weighted by molar-refractivity contribution is 0.590. The molecule has 1 aromatic heterocycles. The minimum atomic E-state index is -4.03. The number of benzene rings is 1. The number of sulfonamides is 1. The summed E-state index contributed by atoms with van der Waals surface area (Å²) in [6, 6.07) is 4.28. The summed E-state index contributed by atoms with van der Waals surface area (Å²) in [7, 11) is -2.45. The van der Waals surface area contributed by atoms with Crippen LogP contribution in [0.1, 0.15) is 5.56 Å². The van der Waals surface area contributed by atoms with Gasteiger partial charge in [-0.15, -0.1) is 0 Å². The first-order valence-electron chi connectivity index (χ1n) is 5.96. The van der Waals surface area contributed by atoms with Gasteiger partial charge in [0.25, 0.3) is 10.0 Å². The maximum atomic E-state index is 13.7. The van der Waals surface area contributed by atoms with Crippen LogP contribution in [0.15, 0.2) is 35.4 Å². The zero-order valence-corrected chi connectivity index (χ0v) is 12.1. The van der Waals surface area contributed by atoms with E-state index in [-0.39, 0.29) is 10.5 Å². The number of hydrogen-bond acceptors (Lipinski definition) is 4. The van der Waals surface area contributed by atoms with Crippen molar-refractivity contribution in [2.75, 3.05) is 17.1 Å². The molecule has 5 nitrogen and oxygen atoms in total. The Morgan fingerprint density at radius 1 is 1.14 bits per heavy atom. The van der Waals surface area contributed by atoms with Crippen molar-refractivity contribution in [2.45, 2.75) is 11.8 Å². The Bertz CT molecular complexity index is 779. The van der Waals surface area contributed by atoms with Crippen LogP contribution in [0.4, 0.5) is 20.3 Å². The fraction of sp³-hybridized carbons (Fsp3) is 0.154. The zero-order valence-electron chi connectivity index (χ0n) is 11.3. The van der Waals surface area contributed by atoms with E-state index >= 15 is 0 Å². The molecule has 8 heteroatoms. The van der Waals surface area contributed by atoms with Crippen LogP contribution in [-0.4, -0.2) is 20.4 Å². The van der Waals surface area contributed by atoms with Gasteiger partial charge in [-0.3, -0.25) is 4.72 Å². The van der Waals surface area contributed by atoms with Gasteiger partial charge in [0.1, 0.15) is 17.5 Å². The highest BCUT2D eigenvalue weighted by molar-refractivity contribution is 7.92. The number of aryl methyl sites for hydroxylation is 1. The fourth-order valence-corrected chi connectivity index (χ4v) is 2.71. The van der Waals surface area contributed by atoms with Gasteiger partial charge in [0.05, 0.1) is 10.6 Å². The summed E-state index contributed by atoms with van der Waals surface area (Å²) < 4.78 is 53.5. The second-order valence-corrected chi connectivity index (χ2v) is 6.00. The SMILES string of the molecule is CNc1cc(S(=O)(=O)Nc2cc(F)c(C)cc2F)ccn1. The van der Waals surface area contributed by atoms with E-state index in [1.54, 1.807) is 7.05 Å². The van der Waals surface area contributed by atoms with E-state index in [0.29, 0.717) is 5.82 Å². The number of hydrogen-bond donors (Lipinski definition) is 2. The van der Waals surface area contributed by atoms with Gasteiger partial charge in [0.15, 0.2) is 0 Å². The predicted molar refractivity (Wildman–Crippen MR) is 75.7 cm³/mol. The topological polar surface area (TPSA) is 71.1 Å². The number of aromatic nitrogens is 1. The van der Waals surface area contributed by atoms with Crippen molar-refractivity contribution in [3.8, 4) is 0 Å². The van der Waals surface area contributed by atoms with Crippen LogP contribution in [0, 0.1) is 18.6 Å². The third-order valence-corrected chi connectivity index (χ3v) is 4.15. The summed E-state index contributed by atoms with van der Waals surface area (Å²) in [4.78, 5) is 3.78. The molecular weight excluding hydrogens is 300 g/mol. The quantitative estimate of drug-likeness (QED) is 0.910. The number of pyridine rings is 1. The molecule has 0 fully saturated rings. The molecular formula is C13H13F2N3O2S. The van der Waals surface area contributed by atoms with Crippen LogP contribution < -0.4 is 10.0 Å². The van der Waals surface area contributed by atoms with E-state index in [9.17, 15) is 17.2 Å². The average Bonchev–Trinajstić information content (AvgIpc) is 2.44. The number of anilines is 2. The van der Waals surface area contributed by atoms with Gasteiger partial charge in [0, 0.05) is 25.4 Å². The predicted octanol–water partition coefficient (Wildman–Crippen LogP) is 2.51. The molecule has 0 spiro atoms. The summed E-state index contributed by atoms with van der Waals surface area (Å²) in [5, 5.41) is 2.69. The number of halogens is 2. The van der Waals surface area contributed by atoms with E-state index < -0.39 is 27.3 Å². The van der Waals surface area contributed by atoms with Gasteiger partial charge in [-0.2, -0.15) is 0 Å². The number of nitrogens with one attached hydrogen (secondary N) is 2. The molecule has 0 radical (unpaired) electrons. The van der Waals surface area contributed by atoms with Crippen molar-refractivity contribution in [3.05, 3.63) is 47.7 Å². The summed E-state index contributed by atoms with van der Waals surface area (Å²) in [5.74, 6) is -1.20. The molecule has 2 N–H and O–H groups in total. The maximum Gasteiger partial charge on any atom is 0.262 e. The molecule has 0 saturated carbocycles. The Kier molecular flexibility index (Phi) is 4.08. The van der Waals surface area contributed by atoms with E-state index in [4.69, 9.17) is 0 Å². The second kappa shape index (κ2) is 5.65. The van der Waals surface area contributed by atoms with Crippen LogP contribution in [0.2, 0.25) is 0 Å². The minimum Gasteiger partial charge on any atom is -0.373 e. The van der Waals surface area contributed by atoms with Crippen LogP contribution >= 0.6 is 0 Å². The first kappa shape index (κ1) is 15.2. The number of rotatable bonds is 4. The monoisotopic (exact) mass is 313 g/mol. The molecule has 112 valence electrons. The molecule has 2 aromatic rings. The third kappa shape index (κ3) is 3.27. The molecule has 1 heterocycles. The van der Waals surface area contributed by atoms with E-state index in [1.807, 2.05) is 4.72 Å². The molecule has 0 atom stereocenters. The lowest BCUT2D eigenvalue weighted by atomic mass is 10.2. The lowest BCUT2D eigenvalue weighted by Gasteiger charge is -2.10. The van der Waals surface area contributed by atoms with Crippen LogP contribution in [0.25, 0.3) is 0 Å². The molecule has 2 rings (SSSR count). The normalized spacial score (nSPS) is 11.2. The highest BCUT2D eigenvalue weighted by Crippen LogP contribution is 2.22. The summed E-state index contributed by atoms with van der Waals surface area (Å²) in [6.07, 6.45) is 1.30. The van der Waals surface area contributed by atoms with Gasteiger partial charge in [-0.1, -0.05) is 0 Å². The Hall–Kier alpha value is -2.22. The fourth-order valence-electron chi connectivity index (χ4n) is 1.64. The van der Waals surface area contributed by atoms with E-state index in [1.165, 1.54) is 25.3 Å². The molecule has 0 aliphatic heterocycles. The molecule has 0 saturated heterocycles. The smallest absolute Gasteiger partial charge is 0.262 e. The van der Waals surface area contributed by atoms with Crippen LogP contribution in [0.3, 0.4) is 0 Å². The van der Waals surface area contributed by atoms with Gasteiger partial charge in [-0.25, -0.2) is 22.2 Å². The largest absolute Gasteiger partial charge is 0.373 e. The molecule has 0 unspecified atom stereocenters. The first-order valence-corrected chi connectivity index (χ1v) is 7.44. The standard InChI is InChI=1S/C13H13F2N3O2S/c1-8-5-11(15)12(7-10(8)14)18-21(19,20)9-3-4-17-13(6-9)16-2/h3-7,18H,1-2H3,(H,16,17). The van der Waals surface area contributed by atoms with Crippen molar-refractivity contribution in [3.63, 3.8) is 0 Å². The molecule has 0 bridgehead atoms. The summed E-state index contributed by atoms with van der Waals surface area (Å²) >= 11 is 0. The third-order valence-electron chi connectivity index (χ3n) is 2.79. The molecule has 21 heavy (non-hydrogen) atoms. The summed E-state index contributed by atoms with van der Waals surface area (Å²) in [6.45, 7) is 1.39. The number of nitrogens with zero attached hydrogens (tertiary/aromatic N) is 1. The Labute approximate surface area is 121 Å². The van der Waals surface area contributed by atoms with Gasteiger partial charge >= 0.3 is 0 Å². The van der Waals surface area contributed by atoms with Gasteiger partial charge in [-0.05, 0) is 24.6 Å². The Balaban J connectivity index is 2.39. The highest BCUT2D eigenvalue weighted by atomic mass is 32.2. The van der Waals surface area contributed by atoms with E-state index in [0.717, 1.165) is 12.1 Å². The summed E-state index contributed by atoms with van der Waals surface area (Å²) in [5.41, 5.74) is -0.349. The molecule has 0 aliphatic rings. The second-order valence-electron chi connectivity index (χ2n) is 4.31. The lowest BCUT2D eigenvalue weighted by Crippen LogP contribution is -2.15. The van der Waals surface area contributed by atoms with Crippen LogP contribution in [0.5, 0.6) is 0 Å². The zero-order chi connectivity index (χ0) is 15.6. The average molecular weight is 313 g/mol. The van der Waals surface area contributed by atoms with Crippen molar-refractivity contribution in [1.82, 2.24) is 4.98 Å². The van der Waals surface area contributed by atoms with Crippen molar-refractivity contribution in [1.29, 1.82) is 0 Å². The molecule has 1 aromatic carbocycles. The van der Waals surface area contributed by atoms with Crippen LogP contribution in [-0.2, 0) is 10.0 Å². The highest BCUT2D eigenvalue weighted by Gasteiger charge is 2.18. The first-order chi connectivity index (χ1) is 9.83. The molecule has 0 amide bonds. The van der Waals surface area contributed by atoms with Gasteiger partial charge < -0.3 is 5.32 Å². The Morgan fingerprint density at radius 3 is 2.52 bits per heavy atom. The Morgan fingerprint density at radius 2 is 1.86 bits per heavy atom.